The first-order valence-corrected chi connectivity index (χ1v) is 11.2. The number of aromatic nitrogens is 2. The number of anilines is 1. The number of hydrogen-bond acceptors (Lipinski definition) is 4. The molecule has 6 nitrogen and oxygen atoms in total. The van der Waals surface area contributed by atoms with Gasteiger partial charge in [0.05, 0.1) is 12.1 Å². The molecule has 9 heteroatoms. The molecule has 2 N–H and O–H groups in total. The number of halogens is 2. The van der Waals surface area contributed by atoms with Crippen LogP contribution in [0, 0.1) is 5.82 Å². The van der Waals surface area contributed by atoms with Crippen LogP contribution < -0.4 is 10.6 Å². The van der Waals surface area contributed by atoms with Gasteiger partial charge in [-0.25, -0.2) is 9.07 Å². The Kier molecular flexibility index (Phi) is 6.58. The van der Waals surface area contributed by atoms with Gasteiger partial charge in [0.1, 0.15) is 18.2 Å². The lowest BCUT2D eigenvalue weighted by Gasteiger charge is -2.12. The van der Waals surface area contributed by atoms with Gasteiger partial charge in [0.15, 0.2) is 0 Å². The van der Waals surface area contributed by atoms with E-state index in [1.807, 2.05) is 18.2 Å². The van der Waals surface area contributed by atoms with Crippen molar-refractivity contribution < 1.29 is 14.0 Å². The lowest BCUT2D eigenvalue weighted by atomic mass is 10.1. The van der Waals surface area contributed by atoms with E-state index in [0.29, 0.717) is 10.8 Å². The number of carbonyl (C=O) groups is 2. The van der Waals surface area contributed by atoms with Gasteiger partial charge in [-0.3, -0.25) is 9.59 Å². The van der Waals surface area contributed by atoms with Crippen LogP contribution in [0.1, 0.15) is 22.4 Å². The van der Waals surface area contributed by atoms with E-state index in [0.717, 1.165) is 33.9 Å². The fourth-order valence-corrected chi connectivity index (χ4v) is 4.54. The average molecular weight is 459 g/mol. The number of rotatable bonds is 7. The molecule has 0 atom stereocenters. The van der Waals surface area contributed by atoms with Crippen molar-refractivity contribution in [2.75, 3.05) is 5.32 Å². The molecular formula is C22H20ClFN4O2S. The van der Waals surface area contributed by atoms with Crippen LogP contribution in [0.5, 0.6) is 0 Å². The van der Waals surface area contributed by atoms with Crippen molar-refractivity contribution in [3.8, 4) is 0 Å². The van der Waals surface area contributed by atoms with Gasteiger partial charge in [0.25, 0.3) is 0 Å². The Morgan fingerprint density at radius 2 is 1.87 bits per heavy atom. The summed E-state index contributed by atoms with van der Waals surface area (Å²) in [7, 11) is 0. The zero-order chi connectivity index (χ0) is 21.8. The number of benzene rings is 2. The van der Waals surface area contributed by atoms with E-state index in [1.54, 1.807) is 30.0 Å². The summed E-state index contributed by atoms with van der Waals surface area (Å²) in [5.74, 6) is 1.23. The fourth-order valence-electron chi connectivity index (χ4n) is 3.31. The summed E-state index contributed by atoms with van der Waals surface area (Å²) >= 11 is 7.88. The number of amides is 2. The Balaban J connectivity index is 1.43. The third kappa shape index (κ3) is 5.26. The van der Waals surface area contributed by atoms with E-state index >= 15 is 0 Å². The molecular weight excluding hydrogens is 439 g/mol. The van der Waals surface area contributed by atoms with Crippen LogP contribution in [0.15, 0.2) is 48.5 Å². The lowest BCUT2D eigenvalue weighted by Crippen LogP contribution is -2.29. The summed E-state index contributed by atoms with van der Waals surface area (Å²) in [4.78, 5) is 25.1. The van der Waals surface area contributed by atoms with Crippen LogP contribution in [0.4, 0.5) is 10.2 Å². The highest BCUT2D eigenvalue weighted by Crippen LogP contribution is 2.34. The van der Waals surface area contributed by atoms with Crippen LogP contribution in [0.3, 0.4) is 0 Å². The van der Waals surface area contributed by atoms with E-state index < -0.39 is 0 Å². The van der Waals surface area contributed by atoms with E-state index in [1.165, 1.54) is 16.8 Å². The molecule has 3 aromatic rings. The largest absolute Gasteiger partial charge is 0.350 e. The molecule has 160 valence electrons. The third-order valence-electron chi connectivity index (χ3n) is 4.88. The van der Waals surface area contributed by atoms with Crippen LogP contribution in [-0.2, 0) is 40.6 Å². The summed E-state index contributed by atoms with van der Waals surface area (Å²) in [6, 6.07) is 13.1. The van der Waals surface area contributed by atoms with Crippen molar-refractivity contribution in [1.29, 1.82) is 0 Å². The number of nitrogens with one attached hydrogen (secondary N) is 2. The Labute approximate surface area is 188 Å². The molecule has 31 heavy (non-hydrogen) atoms. The zero-order valence-corrected chi connectivity index (χ0v) is 18.1. The molecule has 0 unspecified atom stereocenters. The van der Waals surface area contributed by atoms with Gasteiger partial charge in [0, 0.05) is 28.6 Å². The zero-order valence-electron chi connectivity index (χ0n) is 16.5. The van der Waals surface area contributed by atoms with Gasteiger partial charge in [-0.05, 0) is 29.3 Å². The van der Waals surface area contributed by atoms with Crippen LogP contribution in [-0.4, -0.2) is 21.6 Å². The number of hydrogen-bond donors (Lipinski definition) is 2. The molecule has 0 radical (unpaired) electrons. The number of nitrogens with zero attached hydrogens (tertiary/aromatic N) is 2. The quantitative estimate of drug-likeness (QED) is 0.562. The van der Waals surface area contributed by atoms with Crippen molar-refractivity contribution >= 4 is 41.0 Å². The lowest BCUT2D eigenvalue weighted by molar-refractivity contribution is -0.122. The predicted octanol–water partition coefficient (Wildman–Crippen LogP) is 3.92. The molecule has 0 spiro atoms. The third-order valence-corrected chi connectivity index (χ3v) is 6.22. The summed E-state index contributed by atoms with van der Waals surface area (Å²) in [6.07, 6.45) is 0.129. The monoisotopic (exact) mass is 458 g/mol. The molecule has 1 aliphatic heterocycles. The van der Waals surface area contributed by atoms with Crippen molar-refractivity contribution in [3.63, 3.8) is 0 Å². The highest BCUT2D eigenvalue weighted by atomic mass is 35.5. The second kappa shape index (κ2) is 9.53. The van der Waals surface area contributed by atoms with Gasteiger partial charge in [-0.1, -0.05) is 41.9 Å². The van der Waals surface area contributed by atoms with Crippen molar-refractivity contribution in [2.45, 2.75) is 31.0 Å². The smallest absolute Gasteiger partial charge is 0.242 e. The maximum atomic E-state index is 13.0. The molecule has 2 amide bonds. The topological polar surface area (TPSA) is 76.0 Å². The van der Waals surface area contributed by atoms with E-state index in [9.17, 15) is 14.0 Å². The first kappa shape index (κ1) is 21.4. The highest BCUT2D eigenvalue weighted by Gasteiger charge is 2.25. The normalized spacial score (nSPS) is 12.5. The van der Waals surface area contributed by atoms with Crippen molar-refractivity contribution in [3.05, 3.63) is 81.8 Å². The Morgan fingerprint density at radius 1 is 1.10 bits per heavy atom. The maximum Gasteiger partial charge on any atom is 0.242 e. The molecule has 1 aromatic heterocycles. The highest BCUT2D eigenvalue weighted by molar-refractivity contribution is 7.98. The summed E-state index contributed by atoms with van der Waals surface area (Å²) in [5.41, 5.74) is 3.35. The summed E-state index contributed by atoms with van der Waals surface area (Å²) in [6.45, 7) is 0.255. The Hall–Kier alpha value is -2.84. The SMILES string of the molecule is O=C(Cn1nc2c(c1NC(=O)Cc1ccccc1Cl)CSC2)NCc1ccc(F)cc1. The molecule has 1 aliphatic rings. The Morgan fingerprint density at radius 3 is 2.65 bits per heavy atom. The number of thioether (sulfide) groups is 1. The van der Waals surface area contributed by atoms with E-state index in [4.69, 9.17) is 11.6 Å². The van der Waals surface area contributed by atoms with E-state index in [2.05, 4.69) is 15.7 Å². The molecule has 0 bridgehead atoms. The average Bonchev–Trinajstić information content (AvgIpc) is 3.32. The van der Waals surface area contributed by atoms with Gasteiger partial charge in [-0.2, -0.15) is 16.9 Å². The minimum absolute atomic E-state index is 0.0272. The van der Waals surface area contributed by atoms with E-state index in [-0.39, 0.29) is 37.1 Å². The Bertz CT molecular complexity index is 1120. The fraction of sp³-hybridized carbons (Fsp3) is 0.227. The first-order chi connectivity index (χ1) is 15.0. The number of carbonyl (C=O) groups excluding carboxylic acids is 2. The van der Waals surface area contributed by atoms with Crippen molar-refractivity contribution in [2.24, 2.45) is 0 Å². The van der Waals surface area contributed by atoms with Crippen LogP contribution >= 0.6 is 23.4 Å². The molecule has 2 aromatic carbocycles. The van der Waals surface area contributed by atoms with Crippen LogP contribution in [0.2, 0.25) is 5.02 Å². The molecule has 0 saturated carbocycles. The van der Waals surface area contributed by atoms with Crippen molar-refractivity contribution in [1.82, 2.24) is 15.1 Å². The maximum absolute atomic E-state index is 13.0. The summed E-state index contributed by atoms with van der Waals surface area (Å²) < 4.78 is 14.6. The van der Waals surface area contributed by atoms with Gasteiger partial charge >= 0.3 is 0 Å². The minimum atomic E-state index is -0.323. The standard InChI is InChI=1S/C22H20ClFN4O2S/c23-18-4-2-1-3-15(18)9-20(29)26-22-17-12-31-13-19(17)27-28(22)11-21(30)25-10-14-5-7-16(24)8-6-14/h1-8H,9-13H2,(H,25,30)(H,26,29). The molecule has 0 aliphatic carbocycles. The second-order valence-corrected chi connectivity index (χ2v) is 8.54. The molecule has 0 fully saturated rings. The minimum Gasteiger partial charge on any atom is -0.350 e. The predicted molar refractivity (Wildman–Crippen MR) is 119 cm³/mol. The van der Waals surface area contributed by atoms with Gasteiger partial charge < -0.3 is 10.6 Å². The first-order valence-electron chi connectivity index (χ1n) is 9.70. The van der Waals surface area contributed by atoms with Crippen LogP contribution in [0.25, 0.3) is 0 Å². The molecule has 4 rings (SSSR count). The van der Waals surface area contributed by atoms with Gasteiger partial charge in [-0.15, -0.1) is 0 Å². The molecule has 0 saturated heterocycles. The second-order valence-electron chi connectivity index (χ2n) is 7.14. The van der Waals surface area contributed by atoms with Gasteiger partial charge in [0.2, 0.25) is 11.8 Å². The number of fused-ring (bicyclic) bond motifs is 1. The summed E-state index contributed by atoms with van der Waals surface area (Å²) in [5, 5.41) is 10.8. The molecule has 2 heterocycles.